The van der Waals surface area contributed by atoms with Crippen molar-refractivity contribution < 1.29 is 13.6 Å². The van der Waals surface area contributed by atoms with E-state index in [4.69, 9.17) is 11.6 Å². The molecule has 7 heteroatoms. The molecule has 26 heavy (non-hydrogen) atoms. The molecule has 0 aliphatic carbocycles. The Morgan fingerprint density at radius 1 is 1.08 bits per heavy atom. The van der Waals surface area contributed by atoms with Crippen LogP contribution in [0.5, 0.6) is 0 Å². The molecule has 3 aromatic rings. The van der Waals surface area contributed by atoms with Gasteiger partial charge in [0.15, 0.2) is 0 Å². The lowest BCUT2D eigenvalue weighted by atomic mass is 10.1. The third-order valence-electron chi connectivity index (χ3n) is 3.25. The molecular weight excluding hydrogens is 360 g/mol. The molecule has 4 nitrogen and oxygen atoms in total. The molecule has 0 saturated carbocycles. The summed E-state index contributed by atoms with van der Waals surface area (Å²) in [6, 6.07) is 10.9. The van der Waals surface area contributed by atoms with Crippen LogP contribution in [0.1, 0.15) is 21.6 Å². The van der Waals surface area contributed by atoms with Crippen molar-refractivity contribution in [2.75, 3.05) is 5.32 Å². The van der Waals surface area contributed by atoms with Crippen LogP contribution in [0.15, 0.2) is 54.7 Å². The van der Waals surface area contributed by atoms with Crippen LogP contribution in [0, 0.1) is 23.5 Å². The molecule has 3 rings (SSSR count). The fourth-order valence-corrected chi connectivity index (χ4v) is 2.23. The standard InChI is InChI=1S/C19H10ClF2N3O/c20-19-23-9-8-14(25-19)6-4-12-2-1-3-15(10-12)24-18(26)16-11-13(21)5-7-17(16)22/h1-3,5,7-11H,(H,24,26). The van der Waals surface area contributed by atoms with Gasteiger partial charge in [0.05, 0.1) is 5.56 Å². The summed E-state index contributed by atoms with van der Waals surface area (Å²) < 4.78 is 26.9. The Kier molecular flexibility index (Phi) is 5.20. The molecule has 1 heterocycles. The molecule has 1 N–H and O–H groups in total. The van der Waals surface area contributed by atoms with Gasteiger partial charge in [-0.25, -0.2) is 18.7 Å². The van der Waals surface area contributed by atoms with E-state index in [9.17, 15) is 13.6 Å². The van der Waals surface area contributed by atoms with E-state index >= 15 is 0 Å². The molecule has 0 aliphatic rings. The van der Waals surface area contributed by atoms with Gasteiger partial charge in [-0.2, -0.15) is 0 Å². The molecule has 0 saturated heterocycles. The zero-order valence-electron chi connectivity index (χ0n) is 13.1. The van der Waals surface area contributed by atoms with Crippen molar-refractivity contribution >= 4 is 23.2 Å². The lowest BCUT2D eigenvalue weighted by Crippen LogP contribution is -2.14. The number of hydrogen-bond acceptors (Lipinski definition) is 3. The Hall–Kier alpha value is -3.30. The number of amides is 1. The summed E-state index contributed by atoms with van der Waals surface area (Å²) >= 11 is 5.70. The van der Waals surface area contributed by atoms with Gasteiger partial charge in [-0.1, -0.05) is 12.0 Å². The van der Waals surface area contributed by atoms with Gasteiger partial charge in [-0.3, -0.25) is 4.79 Å². The minimum Gasteiger partial charge on any atom is -0.322 e. The first-order chi connectivity index (χ1) is 12.5. The molecule has 0 atom stereocenters. The van der Waals surface area contributed by atoms with Crippen LogP contribution < -0.4 is 5.32 Å². The van der Waals surface area contributed by atoms with E-state index in [1.807, 2.05) is 0 Å². The number of benzene rings is 2. The highest BCUT2D eigenvalue weighted by Gasteiger charge is 2.13. The summed E-state index contributed by atoms with van der Waals surface area (Å²) in [5.74, 6) is 3.45. The Labute approximate surface area is 152 Å². The highest BCUT2D eigenvalue weighted by atomic mass is 35.5. The number of anilines is 1. The maximum absolute atomic E-state index is 13.7. The third-order valence-corrected chi connectivity index (χ3v) is 3.44. The molecule has 1 amide bonds. The van der Waals surface area contributed by atoms with Gasteiger partial charge in [-0.05, 0) is 60.0 Å². The van der Waals surface area contributed by atoms with Gasteiger partial charge >= 0.3 is 0 Å². The second-order valence-corrected chi connectivity index (χ2v) is 5.46. The molecule has 2 aromatic carbocycles. The second-order valence-electron chi connectivity index (χ2n) is 5.12. The highest BCUT2D eigenvalue weighted by molar-refractivity contribution is 6.28. The lowest BCUT2D eigenvalue weighted by molar-refractivity contribution is 0.102. The highest BCUT2D eigenvalue weighted by Crippen LogP contribution is 2.15. The van der Waals surface area contributed by atoms with Crippen LogP contribution in [-0.4, -0.2) is 15.9 Å². The number of nitrogens with zero attached hydrogens (tertiary/aromatic N) is 2. The largest absolute Gasteiger partial charge is 0.322 e. The number of halogens is 3. The number of carbonyl (C=O) groups excluding carboxylic acids is 1. The number of nitrogens with one attached hydrogen (secondary N) is 1. The minimum absolute atomic E-state index is 0.0925. The molecule has 128 valence electrons. The maximum Gasteiger partial charge on any atom is 0.258 e. The van der Waals surface area contributed by atoms with Crippen LogP contribution in [0.4, 0.5) is 14.5 Å². The summed E-state index contributed by atoms with van der Waals surface area (Å²) in [6.07, 6.45) is 1.49. The van der Waals surface area contributed by atoms with E-state index < -0.39 is 17.5 Å². The van der Waals surface area contributed by atoms with Gasteiger partial charge in [0, 0.05) is 17.4 Å². The smallest absolute Gasteiger partial charge is 0.258 e. The molecular formula is C19H10ClF2N3O. The zero-order valence-corrected chi connectivity index (χ0v) is 13.9. The molecule has 0 radical (unpaired) electrons. The summed E-state index contributed by atoms with van der Waals surface area (Å²) in [5.41, 5.74) is 1.06. The van der Waals surface area contributed by atoms with E-state index in [0.29, 0.717) is 16.9 Å². The van der Waals surface area contributed by atoms with Gasteiger partial charge in [0.25, 0.3) is 5.91 Å². The van der Waals surface area contributed by atoms with Gasteiger partial charge in [0.1, 0.15) is 17.3 Å². The Bertz CT molecular complexity index is 1040. The number of aromatic nitrogens is 2. The average molecular weight is 370 g/mol. The van der Waals surface area contributed by atoms with E-state index in [1.54, 1.807) is 30.3 Å². The van der Waals surface area contributed by atoms with Crippen molar-refractivity contribution in [2.45, 2.75) is 0 Å². The monoisotopic (exact) mass is 369 g/mol. The van der Waals surface area contributed by atoms with Crippen molar-refractivity contribution in [3.8, 4) is 11.8 Å². The van der Waals surface area contributed by atoms with Crippen molar-refractivity contribution in [1.82, 2.24) is 9.97 Å². The Morgan fingerprint density at radius 2 is 1.92 bits per heavy atom. The zero-order chi connectivity index (χ0) is 18.5. The van der Waals surface area contributed by atoms with Crippen molar-refractivity contribution in [3.63, 3.8) is 0 Å². The second kappa shape index (κ2) is 7.72. The molecule has 0 bridgehead atoms. The molecule has 1 aromatic heterocycles. The van der Waals surface area contributed by atoms with Crippen LogP contribution in [-0.2, 0) is 0 Å². The van der Waals surface area contributed by atoms with Crippen molar-refractivity contribution in [3.05, 3.63) is 88.5 Å². The van der Waals surface area contributed by atoms with Crippen LogP contribution >= 0.6 is 11.6 Å². The average Bonchev–Trinajstić information content (AvgIpc) is 2.62. The minimum atomic E-state index is -0.805. The normalized spacial score (nSPS) is 9.96. The number of hydrogen-bond donors (Lipinski definition) is 1. The Balaban J connectivity index is 1.80. The SMILES string of the molecule is O=C(Nc1cccc(C#Cc2ccnc(Cl)n2)c1)c1cc(F)ccc1F. The van der Waals surface area contributed by atoms with Crippen LogP contribution in [0.3, 0.4) is 0 Å². The Morgan fingerprint density at radius 3 is 2.73 bits per heavy atom. The fourth-order valence-electron chi connectivity index (χ4n) is 2.09. The molecule has 0 aliphatic heterocycles. The van der Waals surface area contributed by atoms with E-state index in [-0.39, 0.29) is 10.8 Å². The van der Waals surface area contributed by atoms with E-state index in [1.165, 1.54) is 6.20 Å². The summed E-state index contributed by atoms with van der Waals surface area (Å²) in [6.45, 7) is 0. The van der Waals surface area contributed by atoms with Crippen LogP contribution in [0.2, 0.25) is 5.28 Å². The summed E-state index contributed by atoms with van der Waals surface area (Å²) in [5, 5.41) is 2.61. The predicted octanol–water partition coefficient (Wildman–Crippen LogP) is 4.06. The molecule has 0 spiro atoms. The van der Waals surface area contributed by atoms with Gasteiger partial charge in [0.2, 0.25) is 5.28 Å². The van der Waals surface area contributed by atoms with Gasteiger partial charge < -0.3 is 5.32 Å². The fraction of sp³-hybridized carbons (Fsp3) is 0. The quantitative estimate of drug-likeness (QED) is 0.547. The topological polar surface area (TPSA) is 54.9 Å². The van der Waals surface area contributed by atoms with E-state index in [0.717, 1.165) is 18.2 Å². The van der Waals surface area contributed by atoms with E-state index in [2.05, 4.69) is 27.1 Å². The van der Waals surface area contributed by atoms with Crippen molar-refractivity contribution in [1.29, 1.82) is 0 Å². The maximum atomic E-state index is 13.7. The lowest BCUT2D eigenvalue weighted by Gasteiger charge is -2.06. The summed E-state index contributed by atoms with van der Waals surface area (Å²) in [4.78, 5) is 19.8. The van der Waals surface area contributed by atoms with Crippen LogP contribution in [0.25, 0.3) is 0 Å². The number of carbonyl (C=O) groups is 1. The summed E-state index contributed by atoms with van der Waals surface area (Å²) in [7, 11) is 0. The third kappa shape index (κ3) is 4.41. The predicted molar refractivity (Wildman–Crippen MR) is 93.8 cm³/mol. The first-order valence-corrected chi connectivity index (χ1v) is 7.76. The molecule has 0 unspecified atom stereocenters. The molecule has 0 fully saturated rings. The van der Waals surface area contributed by atoms with Crippen molar-refractivity contribution in [2.24, 2.45) is 0 Å². The first-order valence-electron chi connectivity index (χ1n) is 7.38. The van der Waals surface area contributed by atoms with Gasteiger partial charge in [-0.15, -0.1) is 0 Å². The first kappa shape index (κ1) is 17.5. The number of rotatable bonds is 2.